The van der Waals surface area contributed by atoms with Crippen LogP contribution in [0.2, 0.25) is 0 Å². The lowest BCUT2D eigenvalue weighted by molar-refractivity contribution is 0.0555. The lowest BCUT2D eigenvalue weighted by atomic mass is 10.0. The second-order valence-corrected chi connectivity index (χ2v) is 5.32. The first-order valence-electron chi connectivity index (χ1n) is 7.11. The predicted molar refractivity (Wildman–Crippen MR) is 86.3 cm³/mol. The number of pyridine rings is 1. The summed E-state index contributed by atoms with van der Waals surface area (Å²) in [6.07, 6.45) is 0. The maximum absolute atomic E-state index is 12.1. The van der Waals surface area contributed by atoms with Crippen LogP contribution in [0.4, 0.5) is 0 Å². The summed E-state index contributed by atoms with van der Waals surface area (Å²) >= 11 is 0. The smallest absolute Gasteiger partial charge is 0.338 e. The van der Waals surface area contributed by atoms with Gasteiger partial charge in [0, 0.05) is 16.3 Å². The molecule has 0 spiro atoms. The lowest BCUT2D eigenvalue weighted by Crippen LogP contribution is -2.11. The van der Waals surface area contributed by atoms with E-state index in [1.54, 1.807) is 12.1 Å². The molecule has 4 rings (SSSR count). The van der Waals surface area contributed by atoms with E-state index in [2.05, 4.69) is 4.40 Å². The summed E-state index contributed by atoms with van der Waals surface area (Å²) in [5.74, 6) is -1.12. The van der Waals surface area contributed by atoms with Crippen LogP contribution in [0.3, 0.4) is 0 Å². The van der Waals surface area contributed by atoms with Crippen LogP contribution in [0.25, 0.3) is 27.3 Å². The SMILES string of the molecule is COC(=O)c1cc2c(cc1C(=O)OC)c1ccc3cccc2n31. The minimum atomic E-state index is -0.558. The van der Waals surface area contributed by atoms with E-state index in [-0.39, 0.29) is 11.1 Å². The first-order chi connectivity index (χ1) is 11.2. The molecular weight excluding hydrogens is 294 g/mol. The van der Waals surface area contributed by atoms with Crippen molar-refractivity contribution in [2.75, 3.05) is 14.2 Å². The number of rotatable bonds is 2. The molecule has 0 saturated carbocycles. The molecule has 0 saturated heterocycles. The van der Waals surface area contributed by atoms with Gasteiger partial charge in [0.2, 0.25) is 0 Å². The second kappa shape index (κ2) is 4.71. The van der Waals surface area contributed by atoms with Gasteiger partial charge in [0.15, 0.2) is 0 Å². The predicted octanol–water partition coefficient (Wildman–Crippen LogP) is 3.26. The van der Waals surface area contributed by atoms with E-state index in [9.17, 15) is 9.59 Å². The Morgan fingerprint density at radius 1 is 0.826 bits per heavy atom. The Bertz CT molecular complexity index is 1040. The van der Waals surface area contributed by atoms with Crippen molar-refractivity contribution in [2.45, 2.75) is 0 Å². The molecule has 0 aliphatic heterocycles. The molecule has 0 bridgehead atoms. The van der Waals surface area contributed by atoms with Crippen LogP contribution in [0, 0.1) is 0 Å². The molecule has 0 aliphatic carbocycles. The van der Waals surface area contributed by atoms with Gasteiger partial charge in [-0.25, -0.2) is 9.59 Å². The summed E-state index contributed by atoms with van der Waals surface area (Å²) in [5.41, 5.74) is 3.46. The number of carbonyl (C=O) groups excluding carboxylic acids is 2. The Labute approximate surface area is 131 Å². The molecule has 114 valence electrons. The number of hydrogen-bond acceptors (Lipinski definition) is 4. The molecule has 23 heavy (non-hydrogen) atoms. The summed E-state index contributed by atoms with van der Waals surface area (Å²) in [6.45, 7) is 0. The Morgan fingerprint density at radius 3 is 1.96 bits per heavy atom. The van der Waals surface area contributed by atoms with E-state index in [0.717, 1.165) is 27.3 Å². The molecule has 3 heterocycles. The highest BCUT2D eigenvalue weighted by atomic mass is 16.5. The number of fused-ring (bicyclic) bond motifs is 3. The van der Waals surface area contributed by atoms with Gasteiger partial charge >= 0.3 is 11.9 Å². The largest absolute Gasteiger partial charge is 0.465 e. The summed E-state index contributed by atoms with van der Waals surface area (Å²) in [6, 6.07) is 13.4. The third-order valence-electron chi connectivity index (χ3n) is 4.19. The number of nitrogens with zero attached hydrogens (tertiary/aromatic N) is 1. The monoisotopic (exact) mass is 307 g/mol. The number of carbonyl (C=O) groups is 2. The van der Waals surface area contributed by atoms with Gasteiger partial charge in [-0.15, -0.1) is 0 Å². The van der Waals surface area contributed by atoms with Gasteiger partial charge in [-0.3, -0.25) is 0 Å². The molecule has 0 aliphatic rings. The van der Waals surface area contributed by atoms with Gasteiger partial charge in [-0.2, -0.15) is 0 Å². The highest BCUT2D eigenvalue weighted by Gasteiger charge is 2.22. The van der Waals surface area contributed by atoms with Gasteiger partial charge in [0.25, 0.3) is 0 Å². The normalized spacial score (nSPS) is 11.4. The lowest BCUT2D eigenvalue weighted by Gasteiger charge is -2.07. The topological polar surface area (TPSA) is 57.0 Å². The van der Waals surface area contributed by atoms with Crippen LogP contribution in [-0.4, -0.2) is 30.6 Å². The zero-order valence-electron chi connectivity index (χ0n) is 12.6. The van der Waals surface area contributed by atoms with Gasteiger partial charge in [0.1, 0.15) is 0 Å². The fourth-order valence-electron chi connectivity index (χ4n) is 3.17. The maximum Gasteiger partial charge on any atom is 0.338 e. The third-order valence-corrected chi connectivity index (χ3v) is 4.19. The molecule has 0 N–H and O–H groups in total. The van der Waals surface area contributed by atoms with Crippen molar-refractivity contribution in [3.63, 3.8) is 0 Å². The van der Waals surface area contributed by atoms with E-state index in [0.29, 0.717) is 0 Å². The highest BCUT2D eigenvalue weighted by molar-refractivity contribution is 6.16. The average molecular weight is 307 g/mol. The highest BCUT2D eigenvalue weighted by Crippen LogP contribution is 2.34. The number of ether oxygens (including phenoxy) is 2. The zero-order valence-corrected chi connectivity index (χ0v) is 12.6. The molecule has 5 heteroatoms. The number of hydrogen-bond donors (Lipinski definition) is 0. The molecule has 5 nitrogen and oxygen atoms in total. The Balaban J connectivity index is 2.18. The second-order valence-electron chi connectivity index (χ2n) is 5.32. The molecule has 0 fully saturated rings. The summed E-state index contributed by atoms with van der Waals surface area (Å²) < 4.78 is 11.7. The molecule has 3 aromatic heterocycles. The maximum atomic E-state index is 12.1. The van der Waals surface area contributed by atoms with Crippen LogP contribution in [0.1, 0.15) is 20.7 Å². The summed E-state index contributed by atoms with van der Waals surface area (Å²) in [7, 11) is 2.58. The zero-order chi connectivity index (χ0) is 16.1. The molecule has 1 aromatic carbocycles. The van der Waals surface area contributed by atoms with Gasteiger partial charge in [-0.1, -0.05) is 6.07 Å². The van der Waals surface area contributed by atoms with Crippen LogP contribution < -0.4 is 0 Å². The third kappa shape index (κ3) is 1.73. The molecule has 0 radical (unpaired) electrons. The van der Waals surface area contributed by atoms with E-state index >= 15 is 0 Å². The van der Waals surface area contributed by atoms with Crippen LogP contribution in [0.15, 0.2) is 42.5 Å². The Hall–Kier alpha value is -3.08. The first-order valence-corrected chi connectivity index (χ1v) is 7.11. The van der Waals surface area contributed by atoms with E-state index in [4.69, 9.17) is 9.47 Å². The van der Waals surface area contributed by atoms with E-state index in [1.807, 2.05) is 30.3 Å². The van der Waals surface area contributed by atoms with Crippen molar-refractivity contribution in [1.29, 1.82) is 0 Å². The molecule has 4 aromatic rings. The average Bonchev–Trinajstić information content (AvgIpc) is 3.16. The number of aromatic nitrogens is 1. The Morgan fingerprint density at radius 2 is 1.39 bits per heavy atom. The van der Waals surface area contributed by atoms with Crippen molar-refractivity contribution in [3.05, 3.63) is 53.6 Å². The molecule has 0 atom stereocenters. The van der Waals surface area contributed by atoms with E-state index in [1.165, 1.54) is 14.2 Å². The molecule has 0 unspecified atom stereocenters. The van der Waals surface area contributed by atoms with Crippen LogP contribution in [-0.2, 0) is 9.47 Å². The quantitative estimate of drug-likeness (QED) is 0.533. The Kier molecular flexibility index (Phi) is 2.78. The minimum absolute atomic E-state index is 0.209. The van der Waals surface area contributed by atoms with Gasteiger partial charge in [-0.05, 0) is 36.4 Å². The number of esters is 2. The summed E-state index contributed by atoms with van der Waals surface area (Å²) in [4.78, 5) is 24.1. The van der Waals surface area contributed by atoms with Crippen molar-refractivity contribution in [2.24, 2.45) is 0 Å². The number of methoxy groups -OCH3 is 2. The van der Waals surface area contributed by atoms with Gasteiger partial charge < -0.3 is 13.9 Å². The first kappa shape index (κ1) is 13.6. The van der Waals surface area contributed by atoms with Crippen LogP contribution in [0.5, 0.6) is 0 Å². The van der Waals surface area contributed by atoms with Crippen molar-refractivity contribution in [3.8, 4) is 0 Å². The molecular formula is C18H13NO4. The number of benzene rings is 1. The van der Waals surface area contributed by atoms with Crippen molar-refractivity contribution >= 4 is 39.3 Å². The summed E-state index contributed by atoms with van der Waals surface area (Å²) in [5, 5.41) is 1.80. The fourth-order valence-corrected chi connectivity index (χ4v) is 3.17. The minimum Gasteiger partial charge on any atom is -0.465 e. The standard InChI is InChI=1S/C18H13NO4/c1-22-17(20)13-8-11-12(9-14(13)18(21)23-2)16-7-6-10-4-3-5-15(11)19(10)16/h3-9H,1-2H3. The fraction of sp³-hybridized carbons (Fsp3) is 0.111. The van der Waals surface area contributed by atoms with Crippen LogP contribution >= 0.6 is 0 Å². The van der Waals surface area contributed by atoms with Gasteiger partial charge in [0.05, 0.1) is 36.4 Å². The van der Waals surface area contributed by atoms with Crippen molar-refractivity contribution < 1.29 is 19.1 Å². The molecule has 0 amide bonds. The van der Waals surface area contributed by atoms with Crippen molar-refractivity contribution in [1.82, 2.24) is 4.40 Å². The van der Waals surface area contributed by atoms with E-state index < -0.39 is 11.9 Å².